The Labute approximate surface area is 187 Å². The quantitative estimate of drug-likeness (QED) is 0.216. The van der Waals surface area contributed by atoms with Gasteiger partial charge in [-0.1, -0.05) is 0 Å². The average molecular weight is 528 g/mol. The van der Waals surface area contributed by atoms with Crippen LogP contribution in [0, 0.1) is 17.8 Å². The molecule has 34 heavy (non-hydrogen) atoms. The van der Waals surface area contributed by atoms with Gasteiger partial charge in [-0.2, -0.15) is 34.8 Å². The molecule has 5 atom stereocenters. The van der Waals surface area contributed by atoms with Crippen molar-refractivity contribution in [3.63, 3.8) is 0 Å². The predicted octanol–water partition coefficient (Wildman–Crippen LogP) is 2.16. The minimum atomic E-state index is -6.41. The Hall–Kier alpha value is -2.30. The Balaban J connectivity index is 1.55. The molecule has 2 aliphatic carbocycles. The highest BCUT2D eigenvalue weighted by Crippen LogP contribution is 2.48. The van der Waals surface area contributed by atoms with E-state index in [1.165, 1.54) is 0 Å². The van der Waals surface area contributed by atoms with Gasteiger partial charge in [0.1, 0.15) is 12.2 Å². The van der Waals surface area contributed by atoms with Gasteiger partial charge in [-0.25, -0.2) is 9.59 Å². The maximum atomic E-state index is 13.8. The van der Waals surface area contributed by atoms with Crippen LogP contribution in [-0.4, -0.2) is 73.6 Å². The van der Waals surface area contributed by atoms with Crippen molar-refractivity contribution in [2.75, 3.05) is 13.2 Å². The smallest absolute Gasteiger partial charge is 0.458 e. The number of fused-ring (bicyclic) bond motifs is 1. The predicted molar refractivity (Wildman–Crippen MR) is 92.4 cm³/mol. The van der Waals surface area contributed by atoms with Gasteiger partial charge in [-0.3, -0.25) is 9.35 Å². The molecule has 0 aromatic rings. The Morgan fingerprint density at radius 2 is 1.56 bits per heavy atom. The molecule has 1 N–H and O–H groups in total. The van der Waals surface area contributed by atoms with E-state index in [9.17, 15) is 49.1 Å². The highest BCUT2D eigenvalue weighted by molar-refractivity contribution is 7.87. The third-order valence-corrected chi connectivity index (χ3v) is 6.74. The third kappa shape index (κ3) is 5.04. The lowest BCUT2D eigenvalue weighted by Crippen LogP contribution is -2.50. The van der Waals surface area contributed by atoms with Gasteiger partial charge in [-0.15, -0.1) is 0 Å². The summed E-state index contributed by atoms with van der Waals surface area (Å²) in [6.45, 7) is -5.05. The molecule has 194 valence electrons. The second kappa shape index (κ2) is 8.73. The fourth-order valence-corrected chi connectivity index (χ4v) is 4.56. The van der Waals surface area contributed by atoms with Gasteiger partial charge in [0.05, 0.1) is 5.92 Å². The number of carbonyl (C=O) groups is 3. The summed E-state index contributed by atoms with van der Waals surface area (Å²) < 4.78 is 127. The monoisotopic (exact) mass is 528 g/mol. The topological polar surface area (TPSA) is 142 Å². The summed E-state index contributed by atoms with van der Waals surface area (Å²) in [6, 6.07) is 0. The summed E-state index contributed by atoms with van der Waals surface area (Å²) in [5, 5.41) is -5.68. The van der Waals surface area contributed by atoms with Crippen LogP contribution in [0.4, 0.5) is 31.1 Å². The second-order valence-corrected chi connectivity index (χ2v) is 9.80. The molecule has 4 fully saturated rings. The largest absolute Gasteiger partial charge is 0.508 e. The zero-order valence-electron chi connectivity index (χ0n) is 16.9. The molecule has 0 aromatic carbocycles. The highest BCUT2D eigenvalue weighted by Gasteiger charge is 2.61. The first kappa shape index (κ1) is 26.3. The van der Waals surface area contributed by atoms with E-state index in [1.807, 2.05) is 0 Å². The zero-order valence-corrected chi connectivity index (χ0v) is 17.7. The van der Waals surface area contributed by atoms with Crippen molar-refractivity contribution in [1.29, 1.82) is 0 Å². The van der Waals surface area contributed by atoms with Crippen LogP contribution in [0.2, 0.25) is 0 Å². The molecule has 5 unspecified atom stereocenters. The number of ether oxygens (including phenoxy) is 4. The molecule has 17 heteroatoms. The van der Waals surface area contributed by atoms with Crippen molar-refractivity contribution >= 4 is 28.2 Å². The minimum absolute atomic E-state index is 0.148. The van der Waals surface area contributed by atoms with Crippen LogP contribution in [0.5, 0.6) is 0 Å². The molecular weight excluding hydrogens is 510 g/mol. The first-order valence-electron chi connectivity index (χ1n) is 9.76. The summed E-state index contributed by atoms with van der Waals surface area (Å²) in [5.41, 5.74) is 0. The lowest BCUT2D eigenvalue weighted by atomic mass is 9.67. The number of rotatable bonds is 8. The molecule has 4 aliphatic rings. The maximum absolute atomic E-state index is 13.8. The Morgan fingerprint density at radius 1 is 0.971 bits per heavy atom. The van der Waals surface area contributed by atoms with Crippen LogP contribution in [0.25, 0.3) is 0 Å². The SMILES string of the molecule is O=C(OCC(F)(F)C(F)(F)COC(=O)C(F)(F)S(=O)(=O)O)OC1C2CC3CC(C2)C(=O)OC1C3. The molecule has 2 aliphatic heterocycles. The van der Waals surface area contributed by atoms with Crippen LogP contribution in [0.1, 0.15) is 25.7 Å². The van der Waals surface area contributed by atoms with Gasteiger partial charge in [0.2, 0.25) is 0 Å². The van der Waals surface area contributed by atoms with Crippen molar-refractivity contribution in [1.82, 2.24) is 0 Å². The van der Waals surface area contributed by atoms with Crippen molar-refractivity contribution in [2.24, 2.45) is 17.8 Å². The lowest BCUT2D eigenvalue weighted by Gasteiger charge is -2.41. The zero-order chi connectivity index (χ0) is 25.7. The Kier molecular flexibility index (Phi) is 6.75. The molecule has 4 bridgehead atoms. The molecular formula is C17H18F6O10S. The van der Waals surface area contributed by atoms with Crippen LogP contribution in [-0.2, 0) is 38.7 Å². The van der Waals surface area contributed by atoms with E-state index in [4.69, 9.17) is 14.0 Å². The van der Waals surface area contributed by atoms with Gasteiger partial charge in [-0.05, 0) is 31.6 Å². The van der Waals surface area contributed by atoms with E-state index in [0.29, 0.717) is 25.7 Å². The number of alkyl halides is 6. The number of esters is 2. The second-order valence-electron chi connectivity index (χ2n) is 8.34. The highest BCUT2D eigenvalue weighted by atomic mass is 32.2. The summed E-state index contributed by atoms with van der Waals surface area (Å²) in [4.78, 5) is 34.8. The Bertz CT molecular complexity index is 954. The van der Waals surface area contributed by atoms with Crippen molar-refractivity contribution < 1.29 is 72.6 Å². The van der Waals surface area contributed by atoms with Crippen molar-refractivity contribution in [3.8, 4) is 0 Å². The lowest BCUT2D eigenvalue weighted by molar-refractivity contribution is -0.248. The van der Waals surface area contributed by atoms with Crippen molar-refractivity contribution in [3.05, 3.63) is 0 Å². The number of halogens is 6. The minimum Gasteiger partial charge on any atom is -0.458 e. The van der Waals surface area contributed by atoms with E-state index in [0.717, 1.165) is 0 Å². The number of hydrogen-bond acceptors (Lipinski definition) is 9. The van der Waals surface area contributed by atoms with Gasteiger partial charge >= 0.3 is 45.3 Å². The van der Waals surface area contributed by atoms with Crippen molar-refractivity contribution in [2.45, 2.75) is 55.0 Å². The van der Waals surface area contributed by atoms with Gasteiger partial charge in [0.25, 0.3) is 0 Å². The fourth-order valence-electron chi connectivity index (χ4n) is 4.29. The number of carbonyl (C=O) groups excluding carboxylic acids is 3. The van der Waals surface area contributed by atoms with Gasteiger partial charge in [0.15, 0.2) is 13.2 Å². The molecule has 2 saturated carbocycles. The molecule has 0 aromatic heterocycles. The standard InChI is InChI=1S/C17H18F6O10S/c18-15(19,5-30-13(25)17(22,23)34(27,28)29)16(20,21)6-31-14(26)33-11-8-1-7-2-9(4-8)12(24)32-10(11)3-7/h7-11H,1-6H2,(H,27,28,29). The normalized spacial score (nSPS) is 29.3. The van der Waals surface area contributed by atoms with Crippen LogP contribution < -0.4 is 0 Å². The van der Waals surface area contributed by atoms with E-state index in [-0.39, 0.29) is 11.8 Å². The third-order valence-electron chi connectivity index (χ3n) is 5.92. The summed E-state index contributed by atoms with van der Waals surface area (Å²) in [7, 11) is -6.41. The van der Waals surface area contributed by atoms with Crippen LogP contribution in [0.3, 0.4) is 0 Å². The first-order chi connectivity index (χ1) is 15.4. The molecule has 4 rings (SSSR count). The van der Waals surface area contributed by atoms with Gasteiger partial charge in [0, 0.05) is 5.92 Å². The molecule has 0 amide bonds. The fraction of sp³-hybridized carbons (Fsp3) is 0.824. The van der Waals surface area contributed by atoms with E-state index in [2.05, 4.69) is 9.47 Å². The number of hydrogen-bond donors (Lipinski definition) is 1. The molecule has 10 nitrogen and oxygen atoms in total. The molecule has 0 radical (unpaired) electrons. The van der Waals surface area contributed by atoms with Crippen LogP contribution in [0.15, 0.2) is 0 Å². The summed E-state index contributed by atoms with van der Waals surface area (Å²) >= 11 is 0. The molecule has 2 saturated heterocycles. The van der Waals surface area contributed by atoms with Gasteiger partial charge < -0.3 is 18.9 Å². The first-order valence-corrected chi connectivity index (χ1v) is 11.2. The van der Waals surface area contributed by atoms with E-state index in [1.54, 1.807) is 0 Å². The maximum Gasteiger partial charge on any atom is 0.508 e. The van der Waals surface area contributed by atoms with E-state index >= 15 is 0 Å². The summed E-state index contributed by atoms with van der Waals surface area (Å²) in [5.74, 6) is -14.9. The Morgan fingerprint density at radius 3 is 2.15 bits per heavy atom. The average Bonchev–Trinajstić information content (AvgIpc) is 2.87. The van der Waals surface area contributed by atoms with E-state index < -0.39 is 76.7 Å². The van der Waals surface area contributed by atoms with Crippen LogP contribution >= 0.6 is 0 Å². The molecule has 0 spiro atoms. The summed E-state index contributed by atoms with van der Waals surface area (Å²) in [6.07, 6.45) is -1.76. The molecule has 2 heterocycles.